The van der Waals surface area contributed by atoms with Gasteiger partial charge in [-0.05, 0) is 64.7 Å². The quantitative estimate of drug-likeness (QED) is 0.417. The SMILES string of the molecule is CC(C)(C)C#Cc1cc(N(C=O)C2CCC(Oc3ncccc3C(F)(F)F)CC2)c(C(=O)O)s1. The molecular weight excluding hydrogens is 469 g/mol. The standard InChI is InChI=1S/C24H25F3N2O4S/c1-23(2,3)11-10-17-13-19(20(34-17)22(31)32)29(14-30)15-6-8-16(9-7-15)33-21-18(24(25,26)27)5-4-12-28-21/h4-5,12-16H,6-9H2,1-3H3,(H,31,32). The minimum absolute atomic E-state index is 0.0204. The smallest absolute Gasteiger partial charge is 0.421 e. The first kappa shape index (κ1) is 25.6. The van der Waals surface area contributed by atoms with Crippen LogP contribution in [0, 0.1) is 17.3 Å². The number of aromatic carboxylic acids is 1. The second-order valence-corrected chi connectivity index (χ2v) is 10.1. The first-order valence-electron chi connectivity index (χ1n) is 10.7. The van der Waals surface area contributed by atoms with Gasteiger partial charge in [0.05, 0.1) is 10.6 Å². The number of carbonyl (C=O) groups is 2. The van der Waals surface area contributed by atoms with Crippen molar-refractivity contribution in [1.29, 1.82) is 0 Å². The van der Waals surface area contributed by atoms with E-state index in [0.29, 0.717) is 37.0 Å². The van der Waals surface area contributed by atoms with Crippen LogP contribution < -0.4 is 9.64 Å². The van der Waals surface area contributed by atoms with Crippen molar-refractivity contribution in [2.75, 3.05) is 4.90 Å². The molecule has 0 spiro atoms. The third-order valence-corrected chi connectivity index (χ3v) is 6.28. The maximum absolute atomic E-state index is 13.2. The third kappa shape index (κ3) is 6.29. The van der Waals surface area contributed by atoms with Gasteiger partial charge in [0.15, 0.2) is 0 Å². The number of nitrogens with zero attached hydrogens (tertiary/aromatic N) is 2. The van der Waals surface area contributed by atoms with Crippen LogP contribution in [0.4, 0.5) is 18.9 Å². The first-order valence-corrected chi connectivity index (χ1v) is 11.5. The number of hydrogen-bond acceptors (Lipinski definition) is 5. The van der Waals surface area contributed by atoms with Crippen molar-refractivity contribution in [3.8, 4) is 17.7 Å². The Morgan fingerprint density at radius 2 is 1.94 bits per heavy atom. The zero-order valence-electron chi connectivity index (χ0n) is 19.0. The van der Waals surface area contributed by atoms with Crippen LogP contribution in [0.3, 0.4) is 0 Å². The summed E-state index contributed by atoms with van der Waals surface area (Å²) in [5, 5.41) is 9.65. The van der Waals surface area contributed by atoms with E-state index in [1.54, 1.807) is 6.07 Å². The van der Waals surface area contributed by atoms with Gasteiger partial charge < -0.3 is 14.7 Å². The molecule has 182 valence electrons. The van der Waals surface area contributed by atoms with E-state index in [9.17, 15) is 27.9 Å². The van der Waals surface area contributed by atoms with E-state index in [-0.39, 0.29) is 22.0 Å². The number of ether oxygens (including phenoxy) is 1. The van der Waals surface area contributed by atoms with Crippen LogP contribution in [0.5, 0.6) is 5.88 Å². The van der Waals surface area contributed by atoms with Crippen molar-refractivity contribution >= 4 is 29.4 Å². The van der Waals surface area contributed by atoms with Gasteiger partial charge in [-0.2, -0.15) is 13.2 Å². The predicted octanol–water partition coefficient (Wildman–Crippen LogP) is 5.61. The van der Waals surface area contributed by atoms with Gasteiger partial charge in [-0.25, -0.2) is 9.78 Å². The van der Waals surface area contributed by atoms with Gasteiger partial charge in [0.25, 0.3) is 0 Å². The highest BCUT2D eigenvalue weighted by atomic mass is 32.1. The largest absolute Gasteiger partial charge is 0.477 e. The molecule has 0 bridgehead atoms. The fourth-order valence-corrected chi connectivity index (χ4v) is 4.53. The lowest BCUT2D eigenvalue weighted by Crippen LogP contribution is -2.40. The molecule has 1 fully saturated rings. The Hall–Kier alpha value is -3.06. The molecule has 0 aromatic carbocycles. The maximum Gasteiger partial charge on any atom is 0.421 e. The summed E-state index contributed by atoms with van der Waals surface area (Å²) in [4.78, 5) is 29.5. The van der Waals surface area contributed by atoms with E-state index in [0.717, 1.165) is 17.4 Å². The molecule has 0 atom stereocenters. The van der Waals surface area contributed by atoms with Gasteiger partial charge in [0, 0.05) is 17.7 Å². The Bertz CT molecular complexity index is 1100. The van der Waals surface area contributed by atoms with Crippen molar-refractivity contribution in [2.45, 2.75) is 64.8 Å². The van der Waals surface area contributed by atoms with E-state index >= 15 is 0 Å². The number of aromatic nitrogens is 1. The van der Waals surface area contributed by atoms with Gasteiger partial charge in [-0.3, -0.25) is 4.79 Å². The number of hydrogen-bond donors (Lipinski definition) is 1. The molecule has 0 radical (unpaired) electrons. The molecule has 1 aliphatic carbocycles. The lowest BCUT2D eigenvalue weighted by molar-refractivity contribution is -0.139. The van der Waals surface area contributed by atoms with Gasteiger partial charge in [0.2, 0.25) is 12.3 Å². The molecule has 1 saturated carbocycles. The van der Waals surface area contributed by atoms with Crippen LogP contribution in [0.25, 0.3) is 0 Å². The number of alkyl halides is 3. The molecule has 0 unspecified atom stereocenters. The number of halogens is 3. The number of carbonyl (C=O) groups excluding carboxylic acids is 1. The molecule has 0 aliphatic heterocycles. The Kier molecular flexibility index (Phi) is 7.56. The average molecular weight is 495 g/mol. The summed E-state index contributed by atoms with van der Waals surface area (Å²) in [6.07, 6.45) is -1.55. The van der Waals surface area contributed by atoms with Crippen molar-refractivity contribution < 1.29 is 32.6 Å². The number of anilines is 1. The van der Waals surface area contributed by atoms with Crippen LogP contribution in [0.15, 0.2) is 24.4 Å². The van der Waals surface area contributed by atoms with E-state index in [4.69, 9.17) is 4.74 Å². The molecule has 1 amide bonds. The van der Waals surface area contributed by atoms with Gasteiger partial charge in [-0.15, -0.1) is 11.3 Å². The number of carboxylic acid groups (broad SMARTS) is 1. The van der Waals surface area contributed by atoms with E-state index < -0.39 is 29.7 Å². The number of thiophene rings is 1. The highest BCUT2D eigenvalue weighted by Gasteiger charge is 2.37. The molecule has 10 heteroatoms. The Labute approximate surface area is 199 Å². The predicted molar refractivity (Wildman–Crippen MR) is 122 cm³/mol. The molecule has 2 aromatic rings. The van der Waals surface area contributed by atoms with E-state index in [1.165, 1.54) is 17.2 Å². The van der Waals surface area contributed by atoms with Crippen LogP contribution in [-0.2, 0) is 11.0 Å². The van der Waals surface area contributed by atoms with E-state index in [2.05, 4.69) is 16.8 Å². The summed E-state index contributed by atoms with van der Waals surface area (Å²) in [5.74, 6) is 4.42. The molecule has 0 saturated heterocycles. The number of carboxylic acids is 1. The zero-order valence-corrected chi connectivity index (χ0v) is 19.8. The molecule has 2 heterocycles. The van der Waals surface area contributed by atoms with Crippen LogP contribution in [0.1, 0.15) is 66.6 Å². The summed E-state index contributed by atoms with van der Waals surface area (Å²) in [5.41, 5.74) is -0.922. The number of amides is 1. The summed E-state index contributed by atoms with van der Waals surface area (Å²) in [7, 11) is 0. The second kappa shape index (κ2) is 10.1. The monoisotopic (exact) mass is 494 g/mol. The summed E-state index contributed by atoms with van der Waals surface area (Å²) < 4.78 is 45.2. The summed E-state index contributed by atoms with van der Waals surface area (Å²) in [6, 6.07) is 3.43. The highest BCUT2D eigenvalue weighted by molar-refractivity contribution is 7.15. The zero-order chi connectivity index (χ0) is 25.1. The molecule has 2 aromatic heterocycles. The second-order valence-electron chi connectivity index (χ2n) is 9.05. The van der Waals surface area contributed by atoms with Crippen LogP contribution >= 0.6 is 11.3 Å². The average Bonchev–Trinajstić information content (AvgIpc) is 3.18. The molecular formula is C24H25F3N2O4S. The molecule has 3 rings (SSSR count). The fraction of sp³-hybridized carbons (Fsp3) is 0.458. The van der Waals surface area contributed by atoms with E-state index in [1.807, 2.05) is 20.8 Å². The number of rotatable bonds is 6. The molecule has 1 N–H and O–H groups in total. The fourth-order valence-electron chi connectivity index (χ4n) is 3.68. The van der Waals surface area contributed by atoms with Crippen molar-refractivity contribution in [3.63, 3.8) is 0 Å². The van der Waals surface area contributed by atoms with Gasteiger partial charge in [-0.1, -0.05) is 11.8 Å². The summed E-state index contributed by atoms with van der Waals surface area (Å²) >= 11 is 1.01. The minimum atomic E-state index is -4.57. The Morgan fingerprint density at radius 1 is 1.26 bits per heavy atom. The minimum Gasteiger partial charge on any atom is -0.477 e. The van der Waals surface area contributed by atoms with Crippen molar-refractivity contribution in [3.05, 3.63) is 39.7 Å². The normalized spacial score (nSPS) is 18.5. The topological polar surface area (TPSA) is 79.7 Å². The third-order valence-electron chi connectivity index (χ3n) is 5.25. The highest BCUT2D eigenvalue weighted by Crippen LogP contribution is 2.38. The Balaban J connectivity index is 1.75. The van der Waals surface area contributed by atoms with Crippen molar-refractivity contribution in [2.24, 2.45) is 5.41 Å². The summed E-state index contributed by atoms with van der Waals surface area (Å²) in [6.45, 7) is 5.81. The van der Waals surface area contributed by atoms with Crippen LogP contribution in [-0.4, -0.2) is 34.6 Å². The lowest BCUT2D eigenvalue weighted by Gasteiger charge is -2.34. The molecule has 6 nitrogen and oxygen atoms in total. The number of pyridine rings is 1. The van der Waals surface area contributed by atoms with Gasteiger partial charge in [0.1, 0.15) is 16.5 Å². The van der Waals surface area contributed by atoms with Gasteiger partial charge >= 0.3 is 12.1 Å². The lowest BCUT2D eigenvalue weighted by atomic mass is 9.91. The maximum atomic E-state index is 13.2. The molecule has 1 aliphatic rings. The first-order chi connectivity index (χ1) is 15.9. The van der Waals surface area contributed by atoms with Crippen LogP contribution in [0.2, 0.25) is 0 Å². The Morgan fingerprint density at radius 3 is 2.50 bits per heavy atom. The molecule has 34 heavy (non-hydrogen) atoms. The van der Waals surface area contributed by atoms with Crippen molar-refractivity contribution in [1.82, 2.24) is 4.98 Å².